The van der Waals surface area contributed by atoms with E-state index in [0.29, 0.717) is 13.2 Å². The van der Waals surface area contributed by atoms with E-state index in [1.807, 2.05) is 30.4 Å². The third-order valence-corrected chi connectivity index (χ3v) is 3.57. The third-order valence-electron chi connectivity index (χ3n) is 3.57. The van der Waals surface area contributed by atoms with E-state index in [4.69, 9.17) is 9.47 Å². The molecule has 1 aliphatic heterocycles. The highest BCUT2D eigenvalue weighted by Crippen LogP contribution is 2.38. The Kier molecular flexibility index (Phi) is 3.00. The molecule has 1 atom stereocenters. The Morgan fingerprint density at radius 1 is 1.06 bits per heavy atom. The quantitative estimate of drug-likeness (QED) is 0.774. The molecule has 0 saturated carbocycles. The van der Waals surface area contributed by atoms with Gasteiger partial charge in [-0.1, -0.05) is 18.2 Å². The highest BCUT2D eigenvalue weighted by molar-refractivity contribution is 5.46. The van der Waals surface area contributed by atoms with Crippen LogP contribution in [0.4, 0.5) is 0 Å². The number of aliphatic hydroxyl groups is 1. The molecule has 0 amide bonds. The maximum absolute atomic E-state index is 10.6. The summed E-state index contributed by atoms with van der Waals surface area (Å²) in [6.45, 7) is 1.36. The van der Waals surface area contributed by atoms with Gasteiger partial charge >= 0.3 is 0 Å². The number of hydrogen-bond acceptors (Lipinski definition) is 3. The van der Waals surface area contributed by atoms with Gasteiger partial charge in [0.05, 0.1) is 13.2 Å². The van der Waals surface area contributed by atoms with Crippen LogP contribution in [0.3, 0.4) is 0 Å². The van der Waals surface area contributed by atoms with Gasteiger partial charge in [-0.25, -0.2) is 0 Å². The third kappa shape index (κ3) is 2.10. The summed E-state index contributed by atoms with van der Waals surface area (Å²) in [7, 11) is 0. The van der Waals surface area contributed by atoms with Crippen LogP contribution in [0.5, 0.6) is 11.5 Å². The molecule has 3 heteroatoms. The van der Waals surface area contributed by atoms with Crippen molar-refractivity contribution in [1.29, 1.82) is 0 Å². The van der Waals surface area contributed by atoms with E-state index >= 15 is 0 Å². The van der Waals surface area contributed by atoms with E-state index in [9.17, 15) is 5.11 Å². The summed E-state index contributed by atoms with van der Waals surface area (Å²) >= 11 is 0. The molecule has 3 nitrogen and oxygen atoms in total. The van der Waals surface area contributed by atoms with Gasteiger partial charge in [0.1, 0.15) is 5.60 Å². The van der Waals surface area contributed by atoms with E-state index < -0.39 is 5.60 Å². The van der Waals surface area contributed by atoms with Crippen molar-refractivity contribution in [2.24, 2.45) is 0 Å². The normalized spacial score (nSPS) is 26.7. The Bertz CT molecular complexity index is 467. The topological polar surface area (TPSA) is 38.7 Å². The molecule has 0 aromatic heterocycles. The molecule has 1 aliphatic carbocycles. The molecule has 2 aliphatic rings. The van der Waals surface area contributed by atoms with Gasteiger partial charge in [-0.3, -0.25) is 0 Å². The van der Waals surface area contributed by atoms with Crippen molar-refractivity contribution in [2.45, 2.75) is 31.3 Å². The minimum atomic E-state index is -0.844. The van der Waals surface area contributed by atoms with Crippen LogP contribution < -0.4 is 9.47 Å². The van der Waals surface area contributed by atoms with Gasteiger partial charge in [0.25, 0.3) is 0 Å². The van der Waals surface area contributed by atoms with Crippen molar-refractivity contribution in [3.05, 3.63) is 35.9 Å². The van der Waals surface area contributed by atoms with E-state index in [1.54, 1.807) is 0 Å². The summed E-state index contributed by atoms with van der Waals surface area (Å²) < 4.78 is 11.3. The van der Waals surface area contributed by atoms with Crippen molar-refractivity contribution in [3.63, 3.8) is 0 Å². The van der Waals surface area contributed by atoms with Crippen LogP contribution >= 0.6 is 0 Å². The molecule has 0 saturated heterocycles. The number of rotatable bonds is 1. The zero-order valence-corrected chi connectivity index (χ0v) is 10.4. The van der Waals surface area contributed by atoms with Gasteiger partial charge in [-0.05, 0) is 37.0 Å². The predicted molar refractivity (Wildman–Crippen MR) is 68.9 cm³/mol. The zero-order valence-electron chi connectivity index (χ0n) is 10.4. The average molecular weight is 246 g/mol. The minimum Gasteiger partial charge on any atom is -0.490 e. The van der Waals surface area contributed by atoms with Crippen LogP contribution in [0.15, 0.2) is 30.4 Å². The lowest BCUT2D eigenvalue weighted by Crippen LogP contribution is -2.24. The van der Waals surface area contributed by atoms with Crippen molar-refractivity contribution in [1.82, 2.24) is 0 Å². The molecule has 0 fully saturated rings. The molecule has 96 valence electrons. The summed E-state index contributed by atoms with van der Waals surface area (Å²) in [6.07, 6.45) is 7.67. The SMILES string of the molecule is OC1(c2ccc3c(c2)OCCCO3)C=CCCC1. The van der Waals surface area contributed by atoms with Crippen molar-refractivity contribution in [2.75, 3.05) is 13.2 Å². The lowest BCUT2D eigenvalue weighted by Gasteiger charge is -2.28. The Morgan fingerprint density at radius 2 is 1.89 bits per heavy atom. The first-order chi connectivity index (χ1) is 8.78. The molecule has 1 N–H and O–H groups in total. The van der Waals surface area contributed by atoms with Crippen LogP contribution in [0.1, 0.15) is 31.2 Å². The molecule has 1 heterocycles. The van der Waals surface area contributed by atoms with Gasteiger partial charge in [-0.2, -0.15) is 0 Å². The maximum Gasteiger partial charge on any atom is 0.161 e. The summed E-state index contributed by atoms with van der Waals surface area (Å²) in [5.74, 6) is 1.53. The first kappa shape index (κ1) is 11.6. The minimum absolute atomic E-state index is 0.671. The van der Waals surface area contributed by atoms with Crippen LogP contribution in [0, 0.1) is 0 Å². The molecule has 1 unspecified atom stereocenters. The zero-order chi connectivity index (χ0) is 12.4. The predicted octanol–water partition coefficient (Wildman–Crippen LogP) is 2.78. The van der Waals surface area contributed by atoms with E-state index in [2.05, 4.69) is 0 Å². The van der Waals surface area contributed by atoms with Crippen LogP contribution in [0.25, 0.3) is 0 Å². The Labute approximate surface area is 107 Å². The van der Waals surface area contributed by atoms with Gasteiger partial charge in [-0.15, -0.1) is 0 Å². The number of ether oxygens (including phenoxy) is 2. The van der Waals surface area contributed by atoms with Crippen LogP contribution in [0.2, 0.25) is 0 Å². The number of benzene rings is 1. The van der Waals surface area contributed by atoms with Crippen LogP contribution in [-0.2, 0) is 5.60 Å². The molecule has 1 aromatic carbocycles. The lowest BCUT2D eigenvalue weighted by atomic mass is 9.84. The smallest absolute Gasteiger partial charge is 0.161 e. The molecular weight excluding hydrogens is 228 g/mol. The standard InChI is InChI=1S/C15H18O3/c16-15(7-2-1-3-8-15)12-5-6-13-14(11-12)18-10-4-9-17-13/h2,5-7,11,16H,1,3-4,8-10H2. The van der Waals surface area contributed by atoms with Crippen LogP contribution in [-0.4, -0.2) is 18.3 Å². The number of fused-ring (bicyclic) bond motifs is 1. The van der Waals surface area contributed by atoms with E-state index in [0.717, 1.165) is 42.7 Å². The first-order valence-corrected chi connectivity index (χ1v) is 6.58. The molecule has 3 rings (SSSR count). The fraction of sp³-hybridized carbons (Fsp3) is 0.467. The second-order valence-electron chi connectivity index (χ2n) is 4.93. The fourth-order valence-corrected chi connectivity index (χ4v) is 2.52. The highest BCUT2D eigenvalue weighted by atomic mass is 16.5. The molecular formula is C15H18O3. The number of allylic oxidation sites excluding steroid dienone is 1. The van der Waals surface area contributed by atoms with Gasteiger partial charge in [0.2, 0.25) is 0 Å². The lowest BCUT2D eigenvalue weighted by molar-refractivity contribution is 0.0723. The largest absolute Gasteiger partial charge is 0.490 e. The second kappa shape index (κ2) is 4.65. The number of hydrogen-bond donors (Lipinski definition) is 1. The molecule has 1 aromatic rings. The van der Waals surface area contributed by atoms with Crippen molar-refractivity contribution < 1.29 is 14.6 Å². The summed E-state index contributed by atoms with van der Waals surface area (Å²) in [4.78, 5) is 0. The van der Waals surface area contributed by atoms with Crippen molar-refractivity contribution in [3.8, 4) is 11.5 Å². The van der Waals surface area contributed by atoms with Gasteiger partial charge in [0, 0.05) is 6.42 Å². The second-order valence-corrected chi connectivity index (χ2v) is 4.93. The summed E-state index contributed by atoms with van der Waals surface area (Å²) in [5, 5.41) is 10.6. The molecule has 0 bridgehead atoms. The molecule has 0 spiro atoms. The monoisotopic (exact) mass is 246 g/mol. The van der Waals surface area contributed by atoms with Gasteiger partial charge in [0.15, 0.2) is 11.5 Å². The van der Waals surface area contributed by atoms with E-state index in [-0.39, 0.29) is 0 Å². The highest BCUT2D eigenvalue weighted by Gasteiger charge is 2.28. The van der Waals surface area contributed by atoms with Crippen molar-refractivity contribution >= 4 is 0 Å². The maximum atomic E-state index is 10.6. The fourth-order valence-electron chi connectivity index (χ4n) is 2.52. The summed E-state index contributed by atoms with van der Waals surface area (Å²) in [6, 6.07) is 5.75. The molecule has 18 heavy (non-hydrogen) atoms. The average Bonchev–Trinajstić information content (AvgIpc) is 2.64. The molecule has 0 radical (unpaired) electrons. The Morgan fingerprint density at radius 3 is 2.67 bits per heavy atom. The van der Waals surface area contributed by atoms with Gasteiger partial charge < -0.3 is 14.6 Å². The van der Waals surface area contributed by atoms with E-state index in [1.165, 1.54) is 0 Å². The first-order valence-electron chi connectivity index (χ1n) is 6.58. The Balaban J connectivity index is 1.96. The Hall–Kier alpha value is -1.48. The summed E-state index contributed by atoms with van der Waals surface area (Å²) in [5.41, 5.74) is 0.0471.